The summed E-state index contributed by atoms with van der Waals surface area (Å²) in [4.78, 5) is 23.3. The van der Waals surface area contributed by atoms with Crippen molar-refractivity contribution in [1.82, 2.24) is 0 Å². The van der Waals surface area contributed by atoms with Gasteiger partial charge in [-0.1, -0.05) is 30.3 Å². The molecule has 2 aromatic carbocycles. The van der Waals surface area contributed by atoms with E-state index in [1.165, 1.54) is 31.2 Å². The van der Waals surface area contributed by atoms with E-state index in [1.54, 1.807) is 0 Å². The third-order valence-corrected chi connectivity index (χ3v) is 3.36. The molecular formula is C19H17F3O5. The fourth-order valence-corrected chi connectivity index (χ4v) is 2.07. The molecule has 1 atom stereocenters. The smallest absolute Gasteiger partial charge is 0.436 e. The van der Waals surface area contributed by atoms with Gasteiger partial charge < -0.3 is 14.2 Å². The molecule has 0 spiro atoms. The predicted molar refractivity (Wildman–Crippen MR) is 89.1 cm³/mol. The van der Waals surface area contributed by atoms with Gasteiger partial charge in [-0.3, -0.25) is 0 Å². The standard InChI is InChI=1S/C19H17F3O5/c1-2-25-18(24)16(19(20,21)22)27-17(23)14-8-10-15(11-9-14)26-12-13-6-4-3-5-7-13/h3-11,16H,2,12H2,1H3. The second-order valence-electron chi connectivity index (χ2n) is 5.38. The number of esters is 2. The van der Waals surface area contributed by atoms with Crippen LogP contribution in [0.5, 0.6) is 5.75 Å². The maximum atomic E-state index is 12.9. The van der Waals surface area contributed by atoms with Crippen LogP contribution in [-0.2, 0) is 20.9 Å². The second-order valence-corrected chi connectivity index (χ2v) is 5.38. The average Bonchev–Trinajstić information content (AvgIpc) is 2.64. The largest absolute Gasteiger partial charge is 0.489 e. The van der Waals surface area contributed by atoms with Crippen molar-refractivity contribution in [1.29, 1.82) is 0 Å². The van der Waals surface area contributed by atoms with Crippen LogP contribution in [0.1, 0.15) is 22.8 Å². The Bertz CT molecular complexity index is 757. The quantitative estimate of drug-likeness (QED) is 0.680. The van der Waals surface area contributed by atoms with E-state index in [0.717, 1.165) is 5.56 Å². The highest BCUT2D eigenvalue weighted by Crippen LogP contribution is 2.25. The average molecular weight is 382 g/mol. The summed E-state index contributed by atoms with van der Waals surface area (Å²) in [6, 6.07) is 14.7. The molecule has 0 aliphatic carbocycles. The molecular weight excluding hydrogens is 365 g/mol. The summed E-state index contributed by atoms with van der Waals surface area (Å²) in [7, 11) is 0. The van der Waals surface area contributed by atoms with E-state index < -0.39 is 24.2 Å². The van der Waals surface area contributed by atoms with E-state index in [4.69, 9.17) is 4.74 Å². The van der Waals surface area contributed by atoms with Crippen molar-refractivity contribution >= 4 is 11.9 Å². The van der Waals surface area contributed by atoms with Gasteiger partial charge >= 0.3 is 18.1 Å². The molecule has 0 aliphatic heterocycles. The number of benzene rings is 2. The van der Waals surface area contributed by atoms with Crippen LogP contribution in [0.2, 0.25) is 0 Å². The molecule has 144 valence electrons. The van der Waals surface area contributed by atoms with Crippen molar-refractivity contribution in [2.75, 3.05) is 6.61 Å². The molecule has 0 heterocycles. The van der Waals surface area contributed by atoms with Gasteiger partial charge in [0.1, 0.15) is 12.4 Å². The van der Waals surface area contributed by atoms with Gasteiger partial charge in [0.15, 0.2) is 0 Å². The summed E-state index contributed by atoms with van der Waals surface area (Å²) in [5, 5.41) is 0. The fraction of sp³-hybridized carbons (Fsp3) is 0.263. The Morgan fingerprint density at radius 3 is 2.19 bits per heavy atom. The van der Waals surface area contributed by atoms with E-state index in [-0.39, 0.29) is 12.2 Å². The number of hydrogen-bond acceptors (Lipinski definition) is 5. The first-order valence-corrected chi connectivity index (χ1v) is 8.02. The zero-order valence-corrected chi connectivity index (χ0v) is 14.4. The Morgan fingerprint density at radius 2 is 1.63 bits per heavy atom. The van der Waals surface area contributed by atoms with E-state index in [0.29, 0.717) is 12.4 Å². The van der Waals surface area contributed by atoms with Crippen molar-refractivity contribution in [2.24, 2.45) is 0 Å². The fourth-order valence-electron chi connectivity index (χ4n) is 2.07. The lowest BCUT2D eigenvalue weighted by atomic mass is 10.2. The van der Waals surface area contributed by atoms with Gasteiger partial charge in [-0.05, 0) is 36.8 Å². The van der Waals surface area contributed by atoms with Crippen LogP contribution in [0.3, 0.4) is 0 Å². The van der Waals surface area contributed by atoms with E-state index in [1.807, 2.05) is 30.3 Å². The van der Waals surface area contributed by atoms with E-state index in [2.05, 4.69) is 9.47 Å². The van der Waals surface area contributed by atoms with Crippen molar-refractivity contribution in [3.63, 3.8) is 0 Å². The number of carbonyl (C=O) groups excluding carboxylic acids is 2. The van der Waals surface area contributed by atoms with Crippen LogP contribution >= 0.6 is 0 Å². The number of carbonyl (C=O) groups is 2. The van der Waals surface area contributed by atoms with Crippen LogP contribution in [-0.4, -0.2) is 30.8 Å². The molecule has 27 heavy (non-hydrogen) atoms. The van der Waals surface area contributed by atoms with Crippen molar-refractivity contribution in [3.05, 3.63) is 65.7 Å². The van der Waals surface area contributed by atoms with Crippen LogP contribution < -0.4 is 4.74 Å². The first kappa shape index (κ1) is 20.3. The topological polar surface area (TPSA) is 61.8 Å². The number of halogens is 3. The number of alkyl halides is 3. The van der Waals surface area contributed by atoms with Crippen molar-refractivity contribution < 1.29 is 37.0 Å². The molecule has 0 aliphatic rings. The maximum absolute atomic E-state index is 12.9. The first-order valence-electron chi connectivity index (χ1n) is 8.02. The molecule has 0 N–H and O–H groups in total. The minimum absolute atomic E-state index is 0.152. The first-order chi connectivity index (χ1) is 12.8. The Morgan fingerprint density at radius 1 is 1.00 bits per heavy atom. The van der Waals surface area contributed by atoms with Gasteiger partial charge in [-0.25, -0.2) is 9.59 Å². The molecule has 0 aromatic heterocycles. The Labute approximate surface area is 153 Å². The molecule has 0 bridgehead atoms. The SMILES string of the molecule is CCOC(=O)C(OC(=O)c1ccc(OCc2ccccc2)cc1)C(F)(F)F. The molecule has 0 radical (unpaired) electrons. The third kappa shape index (κ3) is 6.02. The highest BCUT2D eigenvalue weighted by atomic mass is 19.4. The van der Waals surface area contributed by atoms with Gasteiger partial charge in [0.25, 0.3) is 6.10 Å². The number of ether oxygens (including phenoxy) is 3. The Balaban J connectivity index is 2.00. The molecule has 1 unspecified atom stereocenters. The molecule has 2 rings (SSSR count). The second kappa shape index (κ2) is 9.07. The number of hydrogen-bond donors (Lipinski definition) is 0. The van der Waals surface area contributed by atoms with Crippen LogP contribution in [0.15, 0.2) is 54.6 Å². The monoisotopic (exact) mass is 382 g/mol. The lowest BCUT2D eigenvalue weighted by molar-refractivity contribution is -0.218. The minimum atomic E-state index is -5.07. The molecule has 0 amide bonds. The minimum Gasteiger partial charge on any atom is -0.489 e. The predicted octanol–water partition coefficient (Wildman–Crippen LogP) is 3.92. The van der Waals surface area contributed by atoms with Gasteiger partial charge in [-0.2, -0.15) is 13.2 Å². The van der Waals surface area contributed by atoms with Gasteiger partial charge in [-0.15, -0.1) is 0 Å². The van der Waals surface area contributed by atoms with Gasteiger partial charge in [0.05, 0.1) is 12.2 Å². The summed E-state index contributed by atoms with van der Waals surface area (Å²) >= 11 is 0. The summed E-state index contributed by atoms with van der Waals surface area (Å²) in [6.45, 7) is 1.38. The zero-order valence-electron chi connectivity index (χ0n) is 14.4. The summed E-state index contributed by atoms with van der Waals surface area (Å²) in [5.74, 6) is -2.53. The molecule has 0 saturated carbocycles. The third-order valence-electron chi connectivity index (χ3n) is 3.36. The molecule has 2 aromatic rings. The zero-order chi connectivity index (χ0) is 19.9. The van der Waals surface area contributed by atoms with Crippen molar-refractivity contribution in [2.45, 2.75) is 25.8 Å². The maximum Gasteiger partial charge on any atom is 0.436 e. The molecule has 8 heteroatoms. The lowest BCUT2D eigenvalue weighted by Crippen LogP contribution is -2.41. The van der Waals surface area contributed by atoms with Crippen molar-refractivity contribution in [3.8, 4) is 5.75 Å². The summed E-state index contributed by atoms with van der Waals surface area (Å²) in [6.07, 6.45) is -8.04. The van der Waals surface area contributed by atoms with E-state index >= 15 is 0 Å². The van der Waals surface area contributed by atoms with Gasteiger partial charge in [0.2, 0.25) is 0 Å². The number of rotatable bonds is 7. The van der Waals surface area contributed by atoms with Crippen LogP contribution in [0.25, 0.3) is 0 Å². The van der Waals surface area contributed by atoms with Crippen LogP contribution in [0.4, 0.5) is 13.2 Å². The highest BCUT2D eigenvalue weighted by molar-refractivity contribution is 5.91. The molecule has 0 saturated heterocycles. The molecule has 0 fully saturated rings. The normalized spacial score (nSPS) is 12.1. The van der Waals surface area contributed by atoms with Crippen LogP contribution in [0, 0.1) is 0 Å². The van der Waals surface area contributed by atoms with E-state index in [9.17, 15) is 22.8 Å². The summed E-state index contributed by atoms with van der Waals surface area (Å²) in [5.41, 5.74) is 0.782. The highest BCUT2D eigenvalue weighted by Gasteiger charge is 2.49. The Hall–Kier alpha value is -3.03. The lowest BCUT2D eigenvalue weighted by Gasteiger charge is -2.19. The van der Waals surface area contributed by atoms with Gasteiger partial charge in [0, 0.05) is 0 Å². The summed E-state index contributed by atoms with van der Waals surface area (Å²) < 4.78 is 52.8. The molecule has 5 nitrogen and oxygen atoms in total. The Kier molecular flexibility index (Phi) is 6.81.